The van der Waals surface area contributed by atoms with Crippen LogP contribution >= 0.6 is 0 Å². The minimum absolute atomic E-state index is 0.0452. The van der Waals surface area contributed by atoms with Crippen molar-refractivity contribution in [1.82, 2.24) is 19.1 Å². The van der Waals surface area contributed by atoms with Crippen LogP contribution in [-0.2, 0) is 6.54 Å². The summed E-state index contributed by atoms with van der Waals surface area (Å²) in [4.78, 5) is 30.3. The fourth-order valence-electron chi connectivity index (χ4n) is 2.09. The van der Waals surface area contributed by atoms with E-state index in [4.69, 9.17) is 5.73 Å². The summed E-state index contributed by atoms with van der Waals surface area (Å²) < 4.78 is 3.19. The first-order valence-electron chi connectivity index (χ1n) is 6.41. The van der Waals surface area contributed by atoms with Gasteiger partial charge < -0.3 is 10.3 Å². The molecule has 2 heterocycles. The lowest BCUT2D eigenvalue weighted by Gasteiger charge is -2.12. The molecule has 1 unspecified atom stereocenters. The summed E-state index contributed by atoms with van der Waals surface area (Å²) in [5.74, 6) is 0. The van der Waals surface area contributed by atoms with E-state index in [0.29, 0.717) is 17.7 Å². The molecule has 0 amide bonds. The summed E-state index contributed by atoms with van der Waals surface area (Å²) in [5.41, 5.74) is 5.86. The van der Waals surface area contributed by atoms with Gasteiger partial charge in [0, 0.05) is 18.6 Å². The molecule has 0 saturated carbocycles. The predicted molar refractivity (Wildman–Crippen MR) is 73.3 cm³/mol. The van der Waals surface area contributed by atoms with E-state index in [1.165, 1.54) is 4.57 Å². The molecule has 0 aliphatic carbocycles. The summed E-state index contributed by atoms with van der Waals surface area (Å²) in [7, 11) is 0. The van der Waals surface area contributed by atoms with Crippen molar-refractivity contribution >= 4 is 11.2 Å². The van der Waals surface area contributed by atoms with Crippen molar-refractivity contribution in [2.45, 2.75) is 45.8 Å². The number of fused-ring (bicyclic) bond motifs is 1. The summed E-state index contributed by atoms with van der Waals surface area (Å²) in [5, 5.41) is 0. The molecule has 0 aromatic carbocycles. The van der Waals surface area contributed by atoms with E-state index in [0.717, 1.165) is 6.42 Å². The van der Waals surface area contributed by atoms with Crippen LogP contribution in [0.5, 0.6) is 0 Å². The van der Waals surface area contributed by atoms with Crippen LogP contribution in [0.1, 0.15) is 33.2 Å². The molecule has 0 fully saturated rings. The van der Waals surface area contributed by atoms with Crippen molar-refractivity contribution in [3.63, 3.8) is 0 Å². The average Bonchev–Trinajstić information content (AvgIpc) is 2.72. The van der Waals surface area contributed by atoms with Gasteiger partial charge in [0.05, 0.1) is 6.33 Å². The Kier molecular flexibility index (Phi) is 3.57. The van der Waals surface area contributed by atoms with Gasteiger partial charge in [0.15, 0.2) is 11.2 Å². The molecule has 2 aromatic rings. The van der Waals surface area contributed by atoms with E-state index in [2.05, 4.69) is 9.97 Å². The summed E-state index contributed by atoms with van der Waals surface area (Å²) in [6, 6.07) is -0.119. The van der Waals surface area contributed by atoms with Crippen molar-refractivity contribution in [2.75, 3.05) is 0 Å². The summed E-state index contributed by atoms with van der Waals surface area (Å²) in [6.45, 7) is 6.23. The Balaban J connectivity index is 2.69. The number of nitrogens with zero attached hydrogens (tertiary/aromatic N) is 3. The van der Waals surface area contributed by atoms with Crippen LogP contribution in [0, 0.1) is 0 Å². The predicted octanol–water partition coefficient (Wildman–Crippen LogP) is 0.205. The van der Waals surface area contributed by atoms with Gasteiger partial charge in [-0.1, -0.05) is 6.92 Å². The number of imidazole rings is 1. The number of aromatic amines is 1. The molecule has 0 aliphatic heterocycles. The van der Waals surface area contributed by atoms with Crippen LogP contribution in [0.4, 0.5) is 0 Å². The lowest BCUT2D eigenvalue weighted by Crippen LogP contribution is -2.33. The lowest BCUT2D eigenvalue weighted by molar-refractivity contribution is 0.545. The number of rotatable bonds is 4. The van der Waals surface area contributed by atoms with Gasteiger partial charge in [0.2, 0.25) is 0 Å². The van der Waals surface area contributed by atoms with E-state index in [1.54, 1.807) is 10.9 Å². The third-order valence-corrected chi connectivity index (χ3v) is 3.17. The normalized spacial score (nSPS) is 13.3. The molecular formula is C12H19N5O2. The lowest BCUT2D eigenvalue weighted by atomic mass is 10.2. The zero-order chi connectivity index (χ0) is 14.2. The third-order valence-electron chi connectivity index (χ3n) is 3.17. The van der Waals surface area contributed by atoms with Gasteiger partial charge in [-0.3, -0.25) is 14.3 Å². The molecule has 0 aliphatic rings. The first-order chi connectivity index (χ1) is 8.95. The minimum atomic E-state index is -0.433. The highest BCUT2D eigenvalue weighted by molar-refractivity contribution is 5.70. The van der Waals surface area contributed by atoms with Crippen molar-refractivity contribution in [3.8, 4) is 0 Å². The number of hydrogen-bond acceptors (Lipinski definition) is 4. The maximum absolute atomic E-state index is 12.0. The van der Waals surface area contributed by atoms with Crippen molar-refractivity contribution < 1.29 is 0 Å². The molecule has 0 saturated heterocycles. The second-order valence-corrected chi connectivity index (χ2v) is 4.96. The van der Waals surface area contributed by atoms with Crippen molar-refractivity contribution in [3.05, 3.63) is 27.2 Å². The average molecular weight is 265 g/mol. The maximum Gasteiger partial charge on any atom is 0.330 e. The summed E-state index contributed by atoms with van der Waals surface area (Å²) >= 11 is 0. The molecule has 3 N–H and O–H groups in total. The quantitative estimate of drug-likeness (QED) is 0.825. The number of H-pyrrole nitrogens is 1. The molecule has 2 aromatic heterocycles. The Bertz CT molecular complexity index is 694. The van der Waals surface area contributed by atoms with Gasteiger partial charge >= 0.3 is 5.69 Å². The maximum atomic E-state index is 12.0. The standard InChI is InChI=1S/C12H19N5O2/c1-4-8(13)5-16-6-14-10-9(16)11(18)15-12(19)17(10)7(2)3/h6-8H,4-5,13H2,1-3H3,(H,15,18,19). The molecule has 0 bridgehead atoms. The Morgan fingerprint density at radius 1 is 1.42 bits per heavy atom. The Labute approximate surface area is 110 Å². The van der Waals surface area contributed by atoms with Crippen LogP contribution in [0.2, 0.25) is 0 Å². The van der Waals surface area contributed by atoms with Crippen LogP contribution in [0.15, 0.2) is 15.9 Å². The molecule has 7 nitrogen and oxygen atoms in total. The van der Waals surface area contributed by atoms with Crippen LogP contribution in [0.25, 0.3) is 11.2 Å². The topological polar surface area (TPSA) is 98.7 Å². The Morgan fingerprint density at radius 3 is 2.68 bits per heavy atom. The van der Waals surface area contributed by atoms with E-state index >= 15 is 0 Å². The second-order valence-electron chi connectivity index (χ2n) is 4.96. The van der Waals surface area contributed by atoms with Crippen LogP contribution in [0.3, 0.4) is 0 Å². The smallest absolute Gasteiger partial charge is 0.326 e. The van der Waals surface area contributed by atoms with E-state index in [1.807, 2.05) is 20.8 Å². The largest absolute Gasteiger partial charge is 0.330 e. The molecule has 0 radical (unpaired) electrons. The van der Waals surface area contributed by atoms with E-state index in [-0.39, 0.29) is 12.1 Å². The number of aromatic nitrogens is 4. The van der Waals surface area contributed by atoms with Crippen molar-refractivity contribution in [2.24, 2.45) is 5.73 Å². The van der Waals surface area contributed by atoms with E-state index in [9.17, 15) is 9.59 Å². The first kappa shape index (κ1) is 13.5. The molecule has 19 heavy (non-hydrogen) atoms. The van der Waals surface area contributed by atoms with Gasteiger partial charge in [-0.2, -0.15) is 0 Å². The molecule has 0 spiro atoms. The van der Waals surface area contributed by atoms with Crippen molar-refractivity contribution in [1.29, 1.82) is 0 Å². The minimum Gasteiger partial charge on any atom is -0.326 e. The number of nitrogens with two attached hydrogens (primary N) is 1. The fourth-order valence-corrected chi connectivity index (χ4v) is 2.09. The summed E-state index contributed by atoms with van der Waals surface area (Å²) in [6.07, 6.45) is 2.37. The van der Waals surface area contributed by atoms with Crippen LogP contribution < -0.4 is 17.0 Å². The van der Waals surface area contributed by atoms with Gasteiger partial charge in [-0.25, -0.2) is 9.78 Å². The van der Waals surface area contributed by atoms with Gasteiger partial charge in [0.1, 0.15) is 0 Å². The highest BCUT2D eigenvalue weighted by atomic mass is 16.2. The highest BCUT2D eigenvalue weighted by Gasteiger charge is 2.16. The zero-order valence-corrected chi connectivity index (χ0v) is 11.4. The SMILES string of the molecule is CCC(N)Cn1cnc2c1c(=O)[nH]c(=O)n2C(C)C. The Morgan fingerprint density at radius 2 is 2.11 bits per heavy atom. The molecule has 7 heteroatoms. The zero-order valence-electron chi connectivity index (χ0n) is 11.4. The first-order valence-corrected chi connectivity index (χ1v) is 6.41. The third kappa shape index (κ3) is 2.33. The van der Waals surface area contributed by atoms with Gasteiger partial charge in [-0.05, 0) is 20.3 Å². The molecule has 2 rings (SSSR count). The molecule has 1 atom stereocenters. The molecule has 104 valence electrons. The van der Waals surface area contributed by atoms with Gasteiger partial charge in [0.25, 0.3) is 5.56 Å². The Hall–Kier alpha value is -1.89. The fraction of sp³-hybridized carbons (Fsp3) is 0.583. The van der Waals surface area contributed by atoms with Crippen LogP contribution in [-0.4, -0.2) is 25.1 Å². The van der Waals surface area contributed by atoms with E-state index < -0.39 is 11.2 Å². The second kappa shape index (κ2) is 5.00. The highest BCUT2D eigenvalue weighted by Crippen LogP contribution is 2.11. The number of nitrogens with one attached hydrogen (secondary N) is 1. The van der Waals surface area contributed by atoms with Gasteiger partial charge in [-0.15, -0.1) is 0 Å². The number of hydrogen-bond donors (Lipinski definition) is 2. The molecular weight excluding hydrogens is 246 g/mol. The monoisotopic (exact) mass is 265 g/mol.